The van der Waals surface area contributed by atoms with Gasteiger partial charge in [-0.25, -0.2) is 0 Å². The Morgan fingerprint density at radius 3 is 1.62 bits per heavy atom. The van der Waals surface area contributed by atoms with E-state index >= 15 is 0 Å². The molecule has 4 heteroatoms. The first-order valence-electron chi connectivity index (χ1n) is 4.99. The largest absolute Gasteiger partial charge is 0.480 e. The van der Waals surface area contributed by atoms with E-state index in [-0.39, 0.29) is 0 Å². The zero-order chi connectivity index (χ0) is 12.3. The molecule has 0 radical (unpaired) electrons. The maximum atomic E-state index is 10.8. The minimum Gasteiger partial charge on any atom is -0.480 e. The molecule has 0 aromatic heterocycles. The molecule has 0 saturated heterocycles. The molecule has 0 aliphatic heterocycles. The van der Waals surface area contributed by atoms with Crippen LogP contribution in [0.1, 0.15) is 36.8 Å². The number of carbonyl (C=O) groups is 2. The molecule has 0 unspecified atom stereocenters. The summed E-state index contributed by atoms with van der Waals surface area (Å²) in [5, 5.41) is 17.6. The van der Waals surface area contributed by atoms with Gasteiger partial charge in [0.15, 0.2) is 5.92 Å². The fourth-order valence-electron chi connectivity index (χ4n) is 1.46. The second-order valence-corrected chi connectivity index (χ2v) is 3.93. The highest BCUT2D eigenvalue weighted by Crippen LogP contribution is 2.20. The molecule has 1 rings (SSSR count). The summed E-state index contributed by atoms with van der Waals surface area (Å²) in [6.45, 7) is 4.03. The van der Waals surface area contributed by atoms with E-state index in [1.165, 1.54) is 0 Å². The Bertz CT molecular complexity index is 378. The van der Waals surface area contributed by atoms with Gasteiger partial charge in [0, 0.05) is 0 Å². The van der Waals surface area contributed by atoms with Crippen molar-refractivity contribution in [3.8, 4) is 0 Å². The third-order valence-corrected chi connectivity index (χ3v) is 2.43. The first-order valence-corrected chi connectivity index (χ1v) is 4.99. The zero-order valence-corrected chi connectivity index (χ0v) is 9.18. The van der Waals surface area contributed by atoms with Crippen LogP contribution in [0.25, 0.3) is 0 Å². The van der Waals surface area contributed by atoms with Gasteiger partial charge in [-0.15, -0.1) is 0 Å². The average molecular weight is 222 g/mol. The van der Waals surface area contributed by atoms with E-state index < -0.39 is 17.9 Å². The minimum atomic E-state index is -1.48. The highest BCUT2D eigenvalue weighted by Gasteiger charge is 2.27. The van der Waals surface area contributed by atoms with Gasteiger partial charge in [0.25, 0.3) is 0 Å². The van der Waals surface area contributed by atoms with E-state index in [2.05, 4.69) is 0 Å². The Morgan fingerprint density at radius 2 is 1.31 bits per heavy atom. The Labute approximate surface area is 93.5 Å². The third-order valence-electron chi connectivity index (χ3n) is 2.43. The fourth-order valence-corrected chi connectivity index (χ4v) is 1.46. The first-order chi connectivity index (χ1) is 7.43. The molecule has 16 heavy (non-hydrogen) atoms. The SMILES string of the molecule is CC(C)c1ccc(C(C(=O)O)C(=O)O)cc1. The van der Waals surface area contributed by atoms with Crippen LogP contribution in [0.5, 0.6) is 0 Å². The molecule has 0 bridgehead atoms. The van der Waals surface area contributed by atoms with Gasteiger partial charge in [0.1, 0.15) is 0 Å². The second kappa shape index (κ2) is 4.79. The number of carboxylic acids is 2. The molecule has 1 aromatic rings. The van der Waals surface area contributed by atoms with Crippen molar-refractivity contribution < 1.29 is 19.8 Å². The third kappa shape index (κ3) is 2.59. The lowest BCUT2D eigenvalue weighted by atomic mass is 9.95. The summed E-state index contributed by atoms with van der Waals surface area (Å²) >= 11 is 0. The summed E-state index contributed by atoms with van der Waals surface area (Å²) in [5.41, 5.74) is 1.35. The molecule has 0 aliphatic rings. The lowest BCUT2D eigenvalue weighted by Crippen LogP contribution is -2.20. The predicted molar refractivity (Wildman–Crippen MR) is 58.5 cm³/mol. The van der Waals surface area contributed by atoms with Crippen molar-refractivity contribution in [2.45, 2.75) is 25.7 Å². The van der Waals surface area contributed by atoms with Crippen LogP contribution in [-0.4, -0.2) is 22.2 Å². The number of aliphatic carboxylic acids is 2. The number of benzene rings is 1. The van der Waals surface area contributed by atoms with E-state index in [1.54, 1.807) is 24.3 Å². The van der Waals surface area contributed by atoms with Gasteiger partial charge >= 0.3 is 11.9 Å². The molecule has 0 saturated carbocycles. The van der Waals surface area contributed by atoms with Crippen molar-refractivity contribution in [2.24, 2.45) is 0 Å². The van der Waals surface area contributed by atoms with Crippen molar-refractivity contribution in [1.82, 2.24) is 0 Å². The van der Waals surface area contributed by atoms with Gasteiger partial charge in [-0.05, 0) is 17.0 Å². The van der Waals surface area contributed by atoms with Gasteiger partial charge < -0.3 is 10.2 Å². The summed E-state index contributed by atoms with van der Waals surface area (Å²) in [5.74, 6) is -3.84. The van der Waals surface area contributed by atoms with Crippen LogP contribution in [-0.2, 0) is 9.59 Å². The minimum absolute atomic E-state index is 0.296. The van der Waals surface area contributed by atoms with E-state index in [0.29, 0.717) is 11.5 Å². The first kappa shape index (κ1) is 12.2. The van der Waals surface area contributed by atoms with Crippen LogP contribution >= 0.6 is 0 Å². The average Bonchev–Trinajstić information content (AvgIpc) is 2.17. The highest BCUT2D eigenvalue weighted by atomic mass is 16.4. The van der Waals surface area contributed by atoms with Crippen molar-refractivity contribution in [1.29, 1.82) is 0 Å². The lowest BCUT2D eigenvalue weighted by molar-refractivity contribution is -0.150. The Balaban J connectivity index is 3.04. The molecule has 0 heterocycles. The van der Waals surface area contributed by atoms with Crippen LogP contribution in [0.4, 0.5) is 0 Å². The summed E-state index contributed by atoms with van der Waals surface area (Å²) < 4.78 is 0. The van der Waals surface area contributed by atoms with Crippen LogP contribution in [0, 0.1) is 0 Å². The molecular formula is C12H14O4. The topological polar surface area (TPSA) is 74.6 Å². The quantitative estimate of drug-likeness (QED) is 0.764. The van der Waals surface area contributed by atoms with E-state index in [4.69, 9.17) is 10.2 Å². The Morgan fingerprint density at radius 1 is 0.938 bits per heavy atom. The molecule has 86 valence electrons. The maximum absolute atomic E-state index is 10.8. The predicted octanol–water partition coefficient (Wildman–Crippen LogP) is 2.06. The van der Waals surface area contributed by atoms with Crippen LogP contribution in [0.3, 0.4) is 0 Å². The van der Waals surface area contributed by atoms with E-state index in [0.717, 1.165) is 5.56 Å². The number of hydrogen-bond donors (Lipinski definition) is 2. The van der Waals surface area contributed by atoms with Crippen molar-refractivity contribution >= 4 is 11.9 Å². The van der Waals surface area contributed by atoms with Crippen molar-refractivity contribution in [3.63, 3.8) is 0 Å². The van der Waals surface area contributed by atoms with E-state index in [1.807, 2.05) is 13.8 Å². The number of rotatable bonds is 4. The lowest BCUT2D eigenvalue weighted by Gasteiger charge is -2.10. The van der Waals surface area contributed by atoms with E-state index in [9.17, 15) is 9.59 Å². The smallest absolute Gasteiger partial charge is 0.322 e. The maximum Gasteiger partial charge on any atom is 0.322 e. The Kier molecular flexibility index (Phi) is 3.66. The molecule has 0 amide bonds. The molecule has 4 nitrogen and oxygen atoms in total. The summed E-state index contributed by atoms with van der Waals surface area (Å²) in [4.78, 5) is 21.6. The molecule has 0 fully saturated rings. The fraction of sp³-hybridized carbons (Fsp3) is 0.333. The van der Waals surface area contributed by atoms with Gasteiger partial charge in [-0.1, -0.05) is 38.1 Å². The van der Waals surface area contributed by atoms with Crippen LogP contribution in [0.15, 0.2) is 24.3 Å². The molecule has 0 atom stereocenters. The molecular weight excluding hydrogens is 208 g/mol. The monoisotopic (exact) mass is 222 g/mol. The second-order valence-electron chi connectivity index (χ2n) is 3.93. The normalized spacial score (nSPS) is 10.8. The standard InChI is InChI=1S/C12H14O4/c1-7(2)8-3-5-9(6-4-8)10(11(13)14)12(15)16/h3-7,10H,1-2H3,(H,13,14)(H,15,16). The van der Waals surface area contributed by atoms with Crippen molar-refractivity contribution in [3.05, 3.63) is 35.4 Å². The summed E-state index contributed by atoms with van der Waals surface area (Å²) in [6.07, 6.45) is 0. The van der Waals surface area contributed by atoms with Gasteiger partial charge in [0.2, 0.25) is 0 Å². The van der Waals surface area contributed by atoms with Gasteiger partial charge in [-0.2, -0.15) is 0 Å². The van der Waals surface area contributed by atoms with Crippen LogP contribution < -0.4 is 0 Å². The van der Waals surface area contributed by atoms with Crippen LogP contribution in [0.2, 0.25) is 0 Å². The Hall–Kier alpha value is -1.84. The molecule has 1 aromatic carbocycles. The molecule has 2 N–H and O–H groups in total. The van der Waals surface area contributed by atoms with Crippen molar-refractivity contribution in [2.75, 3.05) is 0 Å². The molecule has 0 aliphatic carbocycles. The zero-order valence-electron chi connectivity index (χ0n) is 9.18. The summed E-state index contributed by atoms with van der Waals surface area (Å²) in [6, 6.07) is 6.64. The number of carboxylic acid groups (broad SMARTS) is 2. The number of hydrogen-bond acceptors (Lipinski definition) is 2. The van der Waals surface area contributed by atoms with Gasteiger partial charge in [0.05, 0.1) is 0 Å². The summed E-state index contributed by atoms with van der Waals surface area (Å²) in [7, 11) is 0. The molecule has 0 spiro atoms. The highest BCUT2D eigenvalue weighted by molar-refractivity contribution is 5.98. The van der Waals surface area contributed by atoms with Gasteiger partial charge in [-0.3, -0.25) is 9.59 Å².